The third kappa shape index (κ3) is 4.06. The lowest BCUT2D eigenvalue weighted by atomic mass is 9.98. The Kier molecular flexibility index (Phi) is 5.69. The van der Waals surface area contributed by atoms with E-state index in [1.807, 2.05) is 18.2 Å². The molecule has 2 aromatic heterocycles. The van der Waals surface area contributed by atoms with E-state index in [2.05, 4.69) is 41.2 Å². The molecule has 0 radical (unpaired) electrons. The third-order valence-electron chi connectivity index (χ3n) is 8.53. The highest BCUT2D eigenvalue weighted by Gasteiger charge is 2.42. The van der Waals surface area contributed by atoms with E-state index >= 15 is 0 Å². The van der Waals surface area contributed by atoms with Gasteiger partial charge < -0.3 is 19.3 Å². The van der Waals surface area contributed by atoms with Crippen LogP contribution in [0, 0.1) is 6.92 Å². The number of carboxylic acids is 1. The molecule has 2 bridgehead atoms. The summed E-state index contributed by atoms with van der Waals surface area (Å²) < 4.78 is 12.5. The number of piperidine rings is 1. The number of nitrogens with zero attached hydrogens (tertiary/aromatic N) is 3. The summed E-state index contributed by atoms with van der Waals surface area (Å²) in [5, 5.41) is 14.7. The Hall–Kier alpha value is -3.71. The van der Waals surface area contributed by atoms with Gasteiger partial charge in [-0.1, -0.05) is 35.5 Å². The van der Waals surface area contributed by atoms with Crippen LogP contribution in [0.3, 0.4) is 0 Å². The predicted molar refractivity (Wildman–Crippen MR) is 144 cm³/mol. The molecule has 2 aromatic carbocycles. The Morgan fingerprint density at radius 2 is 1.82 bits per heavy atom. The molecule has 0 spiro atoms. The first-order valence-electron chi connectivity index (χ1n) is 13.6. The monoisotopic (exact) mass is 509 g/mol. The second-order valence-corrected chi connectivity index (χ2v) is 11.0. The normalized spacial score (nSPS) is 22.8. The van der Waals surface area contributed by atoms with Crippen molar-refractivity contribution < 1.29 is 19.2 Å². The van der Waals surface area contributed by atoms with Gasteiger partial charge in [-0.25, -0.2) is 9.78 Å². The summed E-state index contributed by atoms with van der Waals surface area (Å²) in [6, 6.07) is 18.2. The topological polar surface area (TPSA) is 88.7 Å². The lowest BCUT2D eigenvalue weighted by Gasteiger charge is -2.39. The highest BCUT2D eigenvalue weighted by molar-refractivity contribution is 6.02. The van der Waals surface area contributed by atoms with E-state index in [0.29, 0.717) is 35.6 Å². The van der Waals surface area contributed by atoms with Gasteiger partial charge in [-0.2, -0.15) is 0 Å². The van der Waals surface area contributed by atoms with Crippen LogP contribution in [0.15, 0.2) is 59.1 Å². The Balaban J connectivity index is 1.10. The third-order valence-corrected chi connectivity index (χ3v) is 8.53. The van der Waals surface area contributed by atoms with Gasteiger partial charge in [0.15, 0.2) is 0 Å². The fourth-order valence-corrected chi connectivity index (χ4v) is 6.49. The zero-order chi connectivity index (χ0) is 25.8. The highest BCUT2D eigenvalue weighted by atomic mass is 16.5. The van der Waals surface area contributed by atoms with Crippen LogP contribution in [0.4, 0.5) is 5.82 Å². The molecule has 3 fully saturated rings. The summed E-state index contributed by atoms with van der Waals surface area (Å²) in [5.74, 6) is 1.48. The average molecular weight is 510 g/mol. The van der Waals surface area contributed by atoms with Gasteiger partial charge in [0.05, 0.1) is 23.8 Å². The first-order valence-corrected chi connectivity index (χ1v) is 13.6. The van der Waals surface area contributed by atoms with E-state index < -0.39 is 5.97 Å². The van der Waals surface area contributed by atoms with Crippen molar-refractivity contribution >= 4 is 22.7 Å². The number of hydrogen-bond donors (Lipinski definition) is 1. The number of carbonyl (C=O) groups is 1. The molecule has 0 amide bonds. The molecule has 38 heavy (non-hydrogen) atoms. The minimum absolute atomic E-state index is 0.175. The first-order chi connectivity index (χ1) is 18.6. The molecule has 2 unspecified atom stereocenters. The number of benzene rings is 2. The number of pyridine rings is 1. The van der Waals surface area contributed by atoms with Crippen molar-refractivity contribution in [1.82, 2.24) is 10.1 Å². The second-order valence-electron chi connectivity index (χ2n) is 11.0. The molecule has 3 atom stereocenters. The van der Waals surface area contributed by atoms with E-state index in [1.165, 1.54) is 5.56 Å². The molecule has 1 saturated carbocycles. The van der Waals surface area contributed by atoms with Crippen molar-refractivity contribution in [2.45, 2.75) is 76.2 Å². The van der Waals surface area contributed by atoms with Crippen LogP contribution in [-0.4, -0.2) is 39.4 Å². The first kappa shape index (κ1) is 23.4. The summed E-state index contributed by atoms with van der Waals surface area (Å²) in [6.07, 6.45) is 6.64. The number of fused-ring (bicyclic) bond motifs is 3. The van der Waals surface area contributed by atoms with Gasteiger partial charge in [0.1, 0.15) is 17.3 Å². The molecule has 1 aliphatic carbocycles. The number of rotatable bonds is 7. The van der Waals surface area contributed by atoms with Crippen molar-refractivity contribution in [3.8, 4) is 11.3 Å². The molecule has 3 aliphatic rings. The minimum Gasteiger partial charge on any atom is -0.478 e. The van der Waals surface area contributed by atoms with Gasteiger partial charge in [-0.05, 0) is 75.3 Å². The summed E-state index contributed by atoms with van der Waals surface area (Å²) in [6.45, 7) is 2.64. The van der Waals surface area contributed by atoms with Gasteiger partial charge in [0, 0.05) is 34.5 Å². The van der Waals surface area contributed by atoms with E-state index in [-0.39, 0.29) is 6.10 Å². The molecule has 2 aliphatic heterocycles. The van der Waals surface area contributed by atoms with Gasteiger partial charge in [-0.15, -0.1) is 0 Å². The SMILES string of the molecule is Cc1ccccc1-c1noc(C2CC2)c1COC1CC2CC[C@@H](C1)N2c1ccc2c(C(=O)O)cccc2n1. The number of aromatic carboxylic acids is 1. The summed E-state index contributed by atoms with van der Waals surface area (Å²) in [4.78, 5) is 18.9. The molecule has 2 saturated heterocycles. The maximum Gasteiger partial charge on any atom is 0.336 e. The van der Waals surface area contributed by atoms with Crippen LogP contribution in [-0.2, 0) is 11.3 Å². The Bertz CT molecular complexity index is 1510. The van der Waals surface area contributed by atoms with E-state index in [1.54, 1.807) is 12.1 Å². The fraction of sp³-hybridized carbons (Fsp3) is 0.387. The number of aromatic nitrogens is 2. The van der Waals surface area contributed by atoms with E-state index in [0.717, 1.165) is 72.4 Å². The number of ether oxygens (including phenoxy) is 1. The fourth-order valence-electron chi connectivity index (χ4n) is 6.49. The highest BCUT2D eigenvalue weighted by Crippen LogP contribution is 2.45. The molecule has 4 heterocycles. The van der Waals surface area contributed by atoms with Crippen molar-refractivity contribution in [1.29, 1.82) is 0 Å². The van der Waals surface area contributed by atoms with E-state index in [9.17, 15) is 9.90 Å². The van der Waals surface area contributed by atoms with Crippen LogP contribution >= 0.6 is 0 Å². The predicted octanol–water partition coefficient (Wildman–Crippen LogP) is 6.49. The van der Waals surface area contributed by atoms with Crippen molar-refractivity contribution in [2.75, 3.05) is 4.90 Å². The van der Waals surface area contributed by atoms with Gasteiger partial charge in [-0.3, -0.25) is 0 Å². The van der Waals surface area contributed by atoms with Crippen molar-refractivity contribution in [3.63, 3.8) is 0 Å². The zero-order valence-electron chi connectivity index (χ0n) is 21.5. The number of aryl methyl sites for hydroxylation is 1. The Morgan fingerprint density at radius 3 is 2.55 bits per heavy atom. The minimum atomic E-state index is -0.925. The smallest absolute Gasteiger partial charge is 0.336 e. The average Bonchev–Trinajstić information content (AvgIpc) is 3.63. The summed E-state index contributed by atoms with van der Waals surface area (Å²) in [7, 11) is 0. The van der Waals surface area contributed by atoms with Crippen LogP contribution < -0.4 is 4.90 Å². The molecule has 4 aromatic rings. The molecular weight excluding hydrogens is 478 g/mol. The maximum absolute atomic E-state index is 11.6. The van der Waals surface area contributed by atoms with Crippen LogP contribution in [0.2, 0.25) is 0 Å². The van der Waals surface area contributed by atoms with Crippen molar-refractivity contribution in [3.05, 3.63) is 77.0 Å². The van der Waals surface area contributed by atoms with Crippen LogP contribution in [0.1, 0.15) is 71.7 Å². The van der Waals surface area contributed by atoms with Gasteiger partial charge in [0.25, 0.3) is 0 Å². The summed E-state index contributed by atoms with van der Waals surface area (Å²) in [5.41, 5.74) is 5.36. The number of carboxylic acid groups (broad SMARTS) is 1. The lowest BCUT2D eigenvalue weighted by Crippen LogP contribution is -2.46. The summed E-state index contributed by atoms with van der Waals surface area (Å²) >= 11 is 0. The molecule has 7 rings (SSSR count). The molecule has 194 valence electrons. The molecule has 1 N–H and O–H groups in total. The maximum atomic E-state index is 11.6. The zero-order valence-corrected chi connectivity index (χ0v) is 21.5. The largest absolute Gasteiger partial charge is 0.478 e. The van der Waals surface area contributed by atoms with Crippen LogP contribution in [0.5, 0.6) is 0 Å². The number of anilines is 1. The van der Waals surface area contributed by atoms with Crippen LogP contribution in [0.25, 0.3) is 22.2 Å². The lowest BCUT2D eigenvalue weighted by molar-refractivity contribution is 0.0146. The quantitative estimate of drug-likeness (QED) is 0.305. The van der Waals surface area contributed by atoms with Gasteiger partial charge >= 0.3 is 5.97 Å². The molecular formula is C31H31N3O4. The Morgan fingerprint density at radius 1 is 1.03 bits per heavy atom. The van der Waals surface area contributed by atoms with E-state index in [4.69, 9.17) is 14.2 Å². The van der Waals surface area contributed by atoms with Crippen molar-refractivity contribution in [2.24, 2.45) is 0 Å². The second kappa shape index (κ2) is 9.24. The molecule has 7 nitrogen and oxygen atoms in total. The van der Waals surface area contributed by atoms with Gasteiger partial charge in [0.2, 0.25) is 0 Å². The number of hydrogen-bond acceptors (Lipinski definition) is 6. The molecule has 7 heteroatoms. The standard InChI is InChI=1S/C31H31N3O4/c1-18-5-2-3-6-23(18)29-26(30(38-33-29)19-9-10-19)17-37-22-15-20-11-12-21(16-22)34(20)28-14-13-24-25(31(35)36)7-4-8-27(24)32-28/h2-8,13-14,19-22H,9-12,15-17H2,1H3,(H,35,36)/t20-,21?,22?/m0/s1. The Labute approximate surface area is 221 Å².